The highest BCUT2D eigenvalue weighted by Crippen LogP contribution is 2.24. The number of anilines is 2. The second kappa shape index (κ2) is 6.66. The van der Waals surface area contributed by atoms with Gasteiger partial charge in [0.1, 0.15) is 6.07 Å². The van der Waals surface area contributed by atoms with Crippen molar-refractivity contribution in [2.75, 3.05) is 37.8 Å². The lowest BCUT2D eigenvalue weighted by atomic mass is 10.2. The van der Waals surface area contributed by atoms with Gasteiger partial charge in [-0.25, -0.2) is 8.42 Å². The van der Waals surface area contributed by atoms with Gasteiger partial charge in [-0.2, -0.15) is 5.26 Å². The molecule has 1 N–H and O–H groups in total. The van der Waals surface area contributed by atoms with Crippen LogP contribution in [0.4, 0.5) is 11.4 Å². The number of sulfonamides is 1. The molecule has 120 valence electrons. The van der Waals surface area contributed by atoms with Gasteiger partial charge in [0.15, 0.2) is 5.25 Å². The Morgan fingerprint density at radius 2 is 1.86 bits per heavy atom. The maximum Gasteiger partial charge on any atom is 0.244 e. The van der Waals surface area contributed by atoms with Crippen LogP contribution in [0.1, 0.15) is 12.5 Å². The minimum Gasteiger partial charge on any atom is -0.378 e. The number of hydrogen-bond acceptors (Lipinski definition) is 5. The summed E-state index contributed by atoms with van der Waals surface area (Å²) in [6.07, 6.45) is 0. The van der Waals surface area contributed by atoms with E-state index in [0.29, 0.717) is 0 Å². The minimum absolute atomic E-state index is 0.159. The molecule has 1 rings (SSSR count). The number of rotatable bonds is 5. The largest absolute Gasteiger partial charge is 0.378 e. The van der Waals surface area contributed by atoms with Crippen molar-refractivity contribution in [2.24, 2.45) is 0 Å². The van der Waals surface area contributed by atoms with Crippen molar-refractivity contribution in [3.8, 4) is 6.07 Å². The zero-order valence-corrected chi connectivity index (χ0v) is 14.1. The quantitative estimate of drug-likeness (QED) is 0.866. The third-order valence-corrected chi connectivity index (χ3v) is 4.78. The molecule has 0 fully saturated rings. The summed E-state index contributed by atoms with van der Waals surface area (Å²) in [5.41, 5.74) is 1.09. The molecule has 0 aliphatic heterocycles. The Kier molecular flexibility index (Phi) is 5.38. The fraction of sp³-hybridized carbons (Fsp3) is 0.429. The van der Waals surface area contributed by atoms with Crippen molar-refractivity contribution in [2.45, 2.75) is 12.2 Å². The lowest BCUT2D eigenvalue weighted by molar-refractivity contribution is -0.127. The van der Waals surface area contributed by atoms with Crippen molar-refractivity contribution in [3.63, 3.8) is 0 Å². The molecular formula is C14H20N4O3S. The van der Waals surface area contributed by atoms with Crippen LogP contribution < -0.4 is 9.62 Å². The lowest BCUT2D eigenvalue weighted by Gasteiger charge is -2.20. The van der Waals surface area contributed by atoms with Crippen molar-refractivity contribution in [1.29, 1.82) is 5.26 Å². The van der Waals surface area contributed by atoms with E-state index in [9.17, 15) is 13.2 Å². The number of carbonyl (C=O) groups excluding carboxylic acids is 1. The number of benzene rings is 1. The monoisotopic (exact) mass is 324 g/mol. The van der Waals surface area contributed by atoms with Gasteiger partial charge in [0.05, 0.1) is 11.3 Å². The lowest BCUT2D eigenvalue weighted by Crippen LogP contribution is -2.39. The molecule has 0 aliphatic carbocycles. The summed E-state index contributed by atoms with van der Waals surface area (Å²) in [5, 5.41) is 7.85. The molecule has 22 heavy (non-hydrogen) atoms. The van der Waals surface area contributed by atoms with E-state index in [2.05, 4.69) is 4.72 Å². The van der Waals surface area contributed by atoms with Gasteiger partial charge in [0.2, 0.25) is 15.9 Å². The van der Waals surface area contributed by atoms with E-state index >= 15 is 0 Å². The summed E-state index contributed by atoms with van der Waals surface area (Å²) < 4.78 is 27.0. The molecule has 1 amide bonds. The van der Waals surface area contributed by atoms with Crippen LogP contribution in [0.15, 0.2) is 18.2 Å². The first kappa shape index (κ1) is 17.8. The summed E-state index contributed by atoms with van der Waals surface area (Å²) in [6.45, 7) is 1.31. The number of nitrogens with zero attached hydrogens (tertiary/aromatic N) is 3. The third-order valence-electron chi connectivity index (χ3n) is 3.15. The Labute approximate surface area is 131 Å². The molecule has 0 bridgehead atoms. The van der Waals surface area contributed by atoms with Crippen molar-refractivity contribution in [1.82, 2.24) is 4.90 Å². The molecule has 0 spiro atoms. The molecular weight excluding hydrogens is 304 g/mol. The first-order chi connectivity index (χ1) is 10.1. The van der Waals surface area contributed by atoms with Gasteiger partial charge < -0.3 is 9.80 Å². The normalized spacial score (nSPS) is 12.2. The highest BCUT2D eigenvalue weighted by molar-refractivity contribution is 7.94. The number of amides is 1. The third kappa shape index (κ3) is 3.89. The molecule has 0 heterocycles. The van der Waals surface area contributed by atoms with Crippen LogP contribution in [0.2, 0.25) is 0 Å². The average Bonchev–Trinajstić information content (AvgIpc) is 2.44. The fourth-order valence-corrected chi connectivity index (χ4v) is 2.86. The minimum atomic E-state index is -3.94. The maximum atomic E-state index is 12.3. The van der Waals surface area contributed by atoms with Gasteiger partial charge in [-0.1, -0.05) is 0 Å². The summed E-state index contributed by atoms with van der Waals surface area (Å²) in [7, 11) is 2.64. The predicted octanol–water partition coefficient (Wildman–Crippen LogP) is 0.843. The van der Waals surface area contributed by atoms with Gasteiger partial charge in [0.25, 0.3) is 0 Å². The highest BCUT2D eigenvalue weighted by Gasteiger charge is 2.29. The summed E-state index contributed by atoms with van der Waals surface area (Å²) in [6, 6.07) is 6.74. The van der Waals surface area contributed by atoms with Crippen LogP contribution in [0.5, 0.6) is 0 Å². The molecule has 0 saturated carbocycles. The van der Waals surface area contributed by atoms with Gasteiger partial charge in [-0.05, 0) is 25.1 Å². The van der Waals surface area contributed by atoms with Crippen LogP contribution in [0.25, 0.3) is 0 Å². The molecule has 7 nitrogen and oxygen atoms in total. The standard InChI is InChI=1S/C14H20N4O3S/c1-10(14(19)18(4)5)22(20,21)16-13-8-12(17(2)3)7-6-11(13)9-15/h6-8,10,16H,1-5H3. The van der Waals surface area contributed by atoms with Crippen LogP contribution in [0.3, 0.4) is 0 Å². The van der Waals surface area contributed by atoms with E-state index in [-0.39, 0.29) is 11.3 Å². The zero-order valence-electron chi connectivity index (χ0n) is 13.3. The molecule has 1 aromatic rings. The molecule has 0 saturated heterocycles. The Morgan fingerprint density at radius 1 is 1.27 bits per heavy atom. The Bertz CT molecular complexity index is 705. The summed E-state index contributed by atoms with van der Waals surface area (Å²) in [5.74, 6) is -0.533. The number of hydrogen-bond donors (Lipinski definition) is 1. The molecule has 0 aliphatic rings. The van der Waals surface area contributed by atoms with E-state index < -0.39 is 21.2 Å². The van der Waals surface area contributed by atoms with Gasteiger partial charge in [-0.15, -0.1) is 0 Å². The van der Waals surface area contributed by atoms with Gasteiger partial charge in [-0.3, -0.25) is 9.52 Å². The van der Waals surface area contributed by atoms with E-state index in [1.165, 1.54) is 32.0 Å². The average molecular weight is 324 g/mol. The van der Waals surface area contributed by atoms with E-state index in [0.717, 1.165) is 5.69 Å². The molecule has 1 unspecified atom stereocenters. The molecule has 1 atom stereocenters. The Hall–Kier alpha value is -2.27. The SMILES string of the molecule is CC(C(=O)N(C)C)S(=O)(=O)Nc1cc(N(C)C)ccc1C#N. The Morgan fingerprint density at radius 3 is 2.32 bits per heavy atom. The van der Waals surface area contributed by atoms with Crippen molar-refractivity contribution in [3.05, 3.63) is 23.8 Å². The second-order valence-corrected chi connectivity index (χ2v) is 7.26. The smallest absolute Gasteiger partial charge is 0.244 e. The number of nitriles is 1. The van der Waals surface area contributed by atoms with Crippen LogP contribution in [-0.4, -0.2) is 52.7 Å². The second-order valence-electron chi connectivity index (χ2n) is 5.26. The Balaban J connectivity index is 3.20. The highest BCUT2D eigenvalue weighted by atomic mass is 32.2. The van der Waals surface area contributed by atoms with Crippen LogP contribution >= 0.6 is 0 Å². The summed E-state index contributed by atoms with van der Waals surface area (Å²) in [4.78, 5) is 14.8. The summed E-state index contributed by atoms with van der Waals surface area (Å²) >= 11 is 0. The molecule has 8 heteroatoms. The molecule has 0 radical (unpaired) electrons. The van der Waals surface area contributed by atoms with Crippen LogP contribution in [0, 0.1) is 11.3 Å². The van der Waals surface area contributed by atoms with E-state index in [1.54, 1.807) is 31.1 Å². The van der Waals surface area contributed by atoms with E-state index in [1.807, 2.05) is 6.07 Å². The van der Waals surface area contributed by atoms with Gasteiger partial charge >= 0.3 is 0 Å². The zero-order chi connectivity index (χ0) is 17.1. The number of carbonyl (C=O) groups is 1. The number of nitrogens with one attached hydrogen (secondary N) is 1. The van der Waals surface area contributed by atoms with Crippen molar-refractivity contribution >= 4 is 27.3 Å². The first-order valence-electron chi connectivity index (χ1n) is 6.54. The van der Waals surface area contributed by atoms with Crippen LogP contribution in [-0.2, 0) is 14.8 Å². The topological polar surface area (TPSA) is 93.5 Å². The van der Waals surface area contributed by atoms with E-state index in [4.69, 9.17) is 5.26 Å². The predicted molar refractivity (Wildman–Crippen MR) is 86.2 cm³/mol. The van der Waals surface area contributed by atoms with Gasteiger partial charge in [0, 0.05) is 33.9 Å². The maximum absolute atomic E-state index is 12.3. The first-order valence-corrected chi connectivity index (χ1v) is 8.09. The van der Waals surface area contributed by atoms with Crippen molar-refractivity contribution < 1.29 is 13.2 Å². The fourth-order valence-electron chi connectivity index (χ4n) is 1.73. The molecule has 1 aromatic carbocycles. The molecule has 0 aromatic heterocycles.